The van der Waals surface area contributed by atoms with Crippen LogP contribution in [0.4, 0.5) is 5.69 Å². The quantitative estimate of drug-likeness (QED) is 0.538. The minimum Gasteiger partial charge on any atom is -0.325 e. The molecular formula is C24H25ClN2O3S. The van der Waals surface area contributed by atoms with Crippen LogP contribution < -0.4 is 5.32 Å². The van der Waals surface area contributed by atoms with Gasteiger partial charge in [-0.1, -0.05) is 60.1 Å². The van der Waals surface area contributed by atoms with Gasteiger partial charge in [0.15, 0.2) is 0 Å². The predicted octanol–water partition coefficient (Wildman–Crippen LogP) is 5.09. The molecule has 31 heavy (non-hydrogen) atoms. The molecule has 5 nitrogen and oxygen atoms in total. The highest BCUT2D eigenvalue weighted by Crippen LogP contribution is 2.24. The number of sulfonamides is 1. The van der Waals surface area contributed by atoms with Gasteiger partial charge in [0.1, 0.15) is 0 Å². The van der Waals surface area contributed by atoms with Crippen molar-refractivity contribution in [3.63, 3.8) is 0 Å². The highest BCUT2D eigenvalue weighted by Gasteiger charge is 2.28. The highest BCUT2D eigenvalue weighted by atomic mass is 35.5. The summed E-state index contributed by atoms with van der Waals surface area (Å²) in [6.07, 6.45) is 0. The Morgan fingerprint density at radius 3 is 2.32 bits per heavy atom. The maximum Gasteiger partial charge on any atom is 0.244 e. The van der Waals surface area contributed by atoms with Crippen LogP contribution >= 0.6 is 11.6 Å². The molecule has 0 spiro atoms. The van der Waals surface area contributed by atoms with Crippen LogP contribution in [0, 0.1) is 20.8 Å². The number of nitrogens with zero attached hydrogens (tertiary/aromatic N) is 1. The van der Waals surface area contributed by atoms with Crippen LogP contribution in [0.1, 0.15) is 22.3 Å². The zero-order chi connectivity index (χ0) is 22.6. The number of nitrogens with one attached hydrogen (secondary N) is 1. The number of hydrogen-bond donors (Lipinski definition) is 1. The Hall–Kier alpha value is -2.67. The maximum absolute atomic E-state index is 13.5. The molecule has 1 amide bonds. The SMILES string of the molecule is Cc1ccc(C)c(S(=O)(=O)N(CC(=O)Nc2cc(Cl)ccc2C)Cc2ccccc2)c1. The van der Waals surface area contributed by atoms with Gasteiger partial charge in [-0.15, -0.1) is 0 Å². The molecule has 0 aliphatic rings. The van der Waals surface area contributed by atoms with Crippen molar-refractivity contribution in [2.45, 2.75) is 32.2 Å². The lowest BCUT2D eigenvalue weighted by molar-refractivity contribution is -0.116. The van der Waals surface area contributed by atoms with Crippen molar-refractivity contribution in [1.82, 2.24) is 4.31 Å². The molecule has 162 valence electrons. The van der Waals surface area contributed by atoms with Crippen LogP contribution in [0.15, 0.2) is 71.6 Å². The van der Waals surface area contributed by atoms with E-state index in [1.165, 1.54) is 4.31 Å². The first-order chi connectivity index (χ1) is 14.7. The Labute approximate surface area is 188 Å². The second-order valence-corrected chi connectivity index (χ2v) is 9.88. The molecule has 3 rings (SSSR count). The monoisotopic (exact) mass is 456 g/mol. The zero-order valence-electron chi connectivity index (χ0n) is 17.7. The van der Waals surface area contributed by atoms with Gasteiger partial charge in [-0.2, -0.15) is 4.31 Å². The van der Waals surface area contributed by atoms with Gasteiger partial charge in [0.25, 0.3) is 0 Å². The fraction of sp³-hybridized carbons (Fsp3) is 0.208. The summed E-state index contributed by atoms with van der Waals surface area (Å²) >= 11 is 6.04. The first-order valence-corrected chi connectivity index (χ1v) is 11.7. The number of amides is 1. The summed E-state index contributed by atoms with van der Waals surface area (Å²) in [6.45, 7) is 5.20. The molecule has 0 heterocycles. The highest BCUT2D eigenvalue weighted by molar-refractivity contribution is 7.89. The van der Waals surface area contributed by atoms with Crippen LogP contribution in [0.25, 0.3) is 0 Å². The second-order valence-electron chi connectivity index (χ2n) is 7.54. The Kier molecular flexibility index (Phi) is 7.15. The van der Waals surface area contributed by atoms with E-state index in [4.69, 9.17) is 11.6 Å². The first kappa shape index (κ1) is 23.0. The topological polar surface area (TPSA) is 66.5 Å². The number of carbonyl (C=O) groups excluding carboxylic acids is 1. The zero-order valence-corrected chi connectivity index (χ0v) is 19.3. The van der Waals surface area contributed by atoms with Crippen molar-refractivity contribution < 1.29 is 13.2 Å². The summed E-state index contributed by atoms with van der Waals surface area (Å²) in [7, 11) is -3.91. The van der Waals surface area contributed by atoms with E-state index in [9.17, 15) is 13.2 Å². The van der Waals surface area contributed by atoms with Gasteiger partial charge in [-0.05, 0) is 61.2 Å². The van der Waals surface area contributed by atoms with E-state index in [0.717, 1.165) is 16.7 Å². The molecule has 0 aliphatic carbocycles. The summed E-state index contributed by atoms with van der Waals surface area (Å²) in [5.74, 6) is -0.435. The normalized spacial score (nSPS) is 11.5. The van der Waals surface area contributed by atoms with Gasteiger partial charge in [0.2, 0.25) is 15.9 Å². The lowest BCUT2D eigenvalue weighted by Gasteiger charge is -2.23. The summed E-state index contributed by atoms with van der Waals surface area (Å²) in [5.41, 5.74) is 3.66. The fourth-order valence-corrected chi connectivity index (χ4v) is 5.08. The van der Waals surface area contributed by atoms with Crippen molar-refractivity contribution in [1.29, 1.82) is 0 Å². The van der Waals surface area contributed by atoms with Crippen molar-refractivity contribution >= 4 is 33.2 Å². The van der Waals surface area contributed by atoms with Gasteiger partial charge in [-0.25, -0.2) is 8.42 Å². The largest absolute Gasteiger partial charge is 0.325 e. The average Bonchev–Trinajstić information content (AvgIpc) is 2.72. The van der Waals surface area contributed by atoms with Crippen LogP contribution in [-0.2, 0) is 21.4 Å². The third kappa shape index (κ3) is 5.73. The lowest BCUT2D eigenvalue weighted by atomic mass is 10.2. The molecule has 0 radical (unpaired) electrons. The van der Waals surface area contributed by atoms with E-state index >= 15 is 0 Å². The predicted molar refractivity (Wildman–Crippen MR) is 125 cm³/mol. The number of benzene rings is 3. The molecule has 0 fully saturated rings. The van der Waals surface area contributed by atoms with Gasteiger partial charge >= 0.3 is 0 Å². The number of aryl methyl sites for hydroxylation is 3. The summed E-state index contributed by atoms with van der Waals surface area (Å²) < 4.78 is 28.3. The Morgan fingerprint density at radius 2 is 1.61 bits per heavy atom. The van der Waals surface area contributed by atoms with E-state index in [1.807, 2.05) is 50.2 Å². The molecule has 0 bridgehead atoms. The van der Waals surface area contributed by atoms with Gasteiger partial charge in [0.05, 0.1) is 11.4 Å². The van der Waals surface area contributed by atoms with Crippen molar-refractivity contribution in [3.05, 3.63) is 94.0 Å². The van der Waals surface area contributed by atoms with Crippen LogP contribution in [0.2, 0.25) is 5.02 Å². The number of anilines is 1. The Balaban J connectivity index is 1.93. The molecule has 3 aromatic rings. The van der Waals surface area contributed by atoms with Crippen molar-refractivity contribution in [2.24, 2.45) is 0 Å². The smallest absolute Gasteiger partial charge is 0.244 e. The molecule has 3 aromatic carbocycles. The average molecular weight is 457 g/mol. The molecular weight excluding hydrogens is 432 g/mol. The Morgan fingerprint density at radius 1 is 0.935 bits per heavy atom. The first-order valence-electron chi connectivity index (χ1n) is 9.84. The third-order valence-electron chi connectivity index (χ3n) is 4.96. The van der Waals surface area contributed by atoms with E-state index in [2.05, 4.69) is 5.32 Å². The molecule has 1 N–H and O–H groups in total. The van der Waals surface area contributed by atoms with E-state index in [1.54, 1.807) is 37.3 Å². The lowest BCUT2D eigenvalue weighted by Crippen LogP contribution is -2.38. The van der Waals surface area contributed by atoms with Crippen LogP contribution in [-0.4, -0.2) is 25.2 Å². The van der Waals surface area contributed by atoms with E-state index < -0.39 is 15.9 Å². The Bertz CT molecular complexity index is 1190. The van der Waals surface area contributed by atoms with Crippen molar-refractivity contribution in [3.8, 4) is 0 Å². The summed E-state index contributed by atoms with van der Waals surface area (Å²) in [5, 5.41) is 3.28. The standard InChI is InChI=1S/C24H25ClN2O3S/c1-17-9-10-19(3)23(13-17)31(29,30)27(15-20-7-5-4-6-8-20)16-24(28)26-22-14-21(25)12-11-18(22)2/h4-14H,15-16H2,1-3H3,(H,26,28). The second kappa shape index (κ2) is 9.64. The number of halogens is 1. The molecule has 0 unspecified atom stereocenters. The minimum atomic E-state index is -3.91. The van der Waals surface area contributed by atoms with E-state index in [-0.39, 0.29) is 18.0 Å². The molecule has 0 saturated carbocycles. The molecule has 0 atom stereocenters. The van der Waals surface area contributed by atoms with Crippen LogP contribution in [0.5, 0.6) is 0 Å². The number of rotatable bonds is 7. The molecule has 7 heteroatoms. The van der Waals surface area contributed by atoms with Crippen LogP contribution in [0.3, 0.4) is 0 Å². The minimum absolute atomic E-state index is 0.0818. The summed E-state index contributed by atoms with van der Waals surface area (Å²) in [6, 6.07) is 19.7. The fourth-order valence-electron chi connectivity index (χ4n) is 3.22. The van der Waals surface area contributed by atoms with Crippen molar-refractivity contribution in [2.75, 3.05) is 11.9 Å². The molecule has 0 saturated heterocycles. The number of carbonyl (C=O) groups is 1. The van der Waals surface area contributed by atoms with Gasteiger partial charge < -0.3 is 5.32 Å². The number of hydrogen-bond acceptors (Lipinski definition) is 3. The van der Waals surface area contributed by atoms with Gasteiger partial charge in [0, 0.05) is 17.3 Å². The molecule has 0 aromatic heterocycles. The van der Waals surface area contributed by atoms with Gasteiger partial charge in [-0.3, -0.25) is 4.79 Å². The molecule has 0 aliphatic heterocycles. The van der Waals surface area contributed by atoms with E-state index in [0.29, 0.717) is 16.3 Å². The summed E-state index contributed by atoms with van der Waals surface area (Å²) in [4.78, 5) is 13.1. The maximum atomic E-state index is 13.5. The third-order valence-corrected chi connectivity index (χ3v) is 7.13.